The van der Waals surface area contributed by atoms with E-state index in [0.717, 1.165) is 6.92 Å². The number of amides is 1. The van der Waals surface area contributed by atoms with Gasteiger partial charge in [-0.15, -0.1) is 5.14 Å². The van der Waals surface area contributed by atoms with Gasteiger partial charge in [0.25, 0.3) is 0 Å². The molecule has 0 saturated carbocycles. The highest BCUT2D eigenvalue weighted by atomic mass is 32.2. The van der Waals surface area contributed by atoms with Gasteiger partial charge in [-0.2, -0.15) is 8.42 Å². The lowest BCUT2D eigenvalue weighted by atomic mass is 10.8. The average Bonchev–Trinajstić information content (AvgIpc) is 1.21. The van der Waals surface area contributed by atoms with Crippen molar-refractivity contribution in [1.82, 2.24) is 9.86 Å². The first-order valence-corrected chi connectivity index (χ1v) is 3.18. The maximum atomic E-state index is 9.85. The molecule has 0 aromatic rings. The maximum absolute atomic E-state index is 9.85. The zero-order valence-corrected chi connectivity index (χ0v) is 4.95. The Morgan fingerprint density at radius 3 is 2.00 bits per heavy atom. The van der Waals surface area contributed by atoms with Crippen LogP contribution in [-0.4, -0.2) is 14.3 Å². The maximum Gasteiger partial charge on any atom is 0.315 e. The Bertz CT molecular complexity index is 181. The summed E-state index contributed by atoms with van der Waals surface area (Å²) in [7, 11) is -4.07. The second-order valence-corrected chi connectivity index (χ2v) is 2.37. The smallest absolute Gasteiger partial charge is 0.274 e. The molecule has 0 aliphatic rings. The minimum atomic E-state index is -4.07. The summed E-state index contributed by atoms with van der Waals surface area (Å²) in [6.07, 6.45) is 0. The van der Waals surface area contributed by atoms with Gasteiger partial charge in [0.1, 0.15) is 0 Å². The number of hydrogen-bond acceptors (Lipinski definition) is 3. The Labute approximate surface area is 47.1 Å². The van der Waals surface area contributed by atoms with Crippen LogP contribution < -0.4 is 9.86 Å². The van der Waals surface area contributed by atoms with Gasteiger partial charge < -0.3 is 0 Å². The molecule has 1 radical (unpaired) electrons. The van der Waals surface area contributed by atoms with Gasteiger partial charge in [-0.25, -0.2) is 4.72 Å². The van der Waals surface area contributed by atoms with Crippen LogP contribution in [-0.2, 0) is 15.0 Å². The predicted molar refractivity (Wildman–Crippen MR) is 25.8 cm³/mol. The van der Waals surface area contributed by atoms with E-state index in [4.69, 9.17) is 5.14 Å². The van der Waals surface area contributed by atoms with Crippen LogP contribution in [0.4, 0.5) is 0 Å². The molecule has 0 saturated heterocycles. The van der Waals surface area contributed by atoms with E-state index in [2.05, 4.69) is 0 Å². The number of carbonyl (C=O) groups excluding carboxylic acids is 1. The van der Waals surface area contributed by atoms with Crippen LogP contribution in [0.2, 0.25) is 0 Å². The number of hydrogen-bond donors (Lipinski definition) is 1. The second kappa shape index (κ2) is 2.10. The van der Waals surface area contributed by atoms with Gasteiger partial charge in [-0.3, -0.25) is 4.79 Å². The van der Waals surface area contributed by atoms with Crippen molar-refractivity contribution in [3.05, 3.63) is 0 Å². The molecule has 0 aromatic carbocycles. The monoisotopic (exact) mass is 137 g/mol. The molecule has 0 rings (SSSR count). The van der Waals surface area contributed by atoms with Gasteiger partial charge in [-0.05, 0) is 0 Å². The quantitative estimate of drug-likeness (QED) is 0.484. The van der Waals surface area contributed by atoms with Crippen LogP contribution in [0.1, 0.15) is 6.92 Å². The van der Waals surface area contributed by atoms with Crippen LogP contribution in [0.3, 0.4) is 0 Å². The Balaban J connectivity index is 3.95. The van der Waals surface area contributed by atoms with Crippen molar-refractivity contribution >= 4 is 16.1 Å². The van der Waals surface area contributed by atoms with Crippen molar-refractivity contribution in [2.24, 2.45) is 0 Å². The van der Waals surface area contributed by atoms with E-state index in [1.807, 2.05) is 0 Å². The summed E-state index contributed by atoms with van der Waals surface area (Å²) >= 11 is 0. The lowest BCUT2D eigenvalue weighted by Gasteiger charge is -1.91. The van der Waals surface area contributed by atoms with Crippen molar-refractivity contribution in [2.45, 2.75) is 6.92 Å². The fourth-order valence-electron chi connectivity index (χ4n) is 0.189. The summed E-state index contributed by atoms with van der Waals surface area (Å²) in [5.74, 6) is -0.750. The van der Waals surface area contributed by atoms with Crippen molar-refractivity contribution in [2.75, 3.05) is 0 Å². The van der Waals surface area contributed by atoms with Crippen LogP contribution in [0.25, 0.3) is 0 Å². The molecule has 0 bridgehead atoms. The van der Waals surface area contributed by atoms with Crippen LogP contribution in [0.15, 0.2) is 0 Å². The van der Waals surface area contributed by atoms with Gasteiger partial charge in [0.15, 0.2) is 0 Å². The third kappa shape index (κ3) is 5.38. The zero-order chi connectivity index (χ0) is 6.78. The van der Waals surface area contributed by atoms with Crippen LogP contribution in [0, 0.1) is 0 Å². The first kappa shape index (κ1) is 7.38. The molecule has 5 nitrogen and oxygen atoms in total. The van der Waals surface area contributed by atoms with Gasteiger partial charge in [0, 0.05) is 6.92 Å². The lowest BCUT2D eigenvalue weighted by Crippen LogP contribution is -2.28. The van der Waals surface area contributed by atoms with E-state index >= 15 is 0 Å². The molecule has 0 atom stereocenters. The number of nitrogens with one attached hydrogen (secondary N) is 2. The topological polar surface area (TPSA) is 87.0 Å². The van der Waals surface area contributed by atoms with Gasteiger partial charge in [0.05, 0.1) is 0 Å². The largest absolute Gasteiger partial charge is 0.315 e. The van der Waals surface area contributed by atoms with Crippen molar-refractivity contribution in [1.29, 1.82) is 0 Å². The molecule has 6 heteroatoms. The Kier molecular flexibility index (Phi) is 1.94. The minimum Gasteiger partial charge on any atom is -0.274 e. The molecule has 0 spiro atoms. The molecular weight excluding hydrogens is 132 g/mol. The van der Waals surface area contributed by atoms with Crippen molar-refractivity contribution < 1.29 is 13.2 Å². The molecule has 0 aliphatic carbocycles. The SMILES string of the molecule is CC(=O)NS([NH])(=O)=O. The molecule has 0 unspecified atom stereocenters. The molecule has 0 heterocycles. The summed E-state index contributed by atoms with van der Waals surface area (Å²) in [6, 6.07) is 0. The highest BCUT2D eigenvalue weighted by Gasteiger charge is 2.01. The summed E-state index contributed by atoms with van der Waals surface area (Å²) in [5.41, 5.74) is 0. The number of carbonyl (C=O) groups is 1. The Morgan fingerprint density at radius 1 is 1.62 bits per heavy atom. The molecule has 0 aliphatic heterocycles. The normalized spacial score (nSPS) is 10.8. The van der Waals surface area contributed by atoms with Crippen molar-refractivity contribution in [3.8, 4) is 0 Å². The van der Waals surface area contributed by atoms with E-state index in [1.165, 1.54) is 4.72 Å². The minimum absolute atomic E-state index is 0.750. The lowest BCUT2D eigenvalue weighted by molar-refractivity contribution is -0.117. The van der Waals surface area contributed by atoms with E-state index in [0.29, 0.717) is 0 Å². The van der Waals surface area contributed by atoms with Crippen LogP contribution in [0.5, 0.6) is 0 Å². The third-order valence-corrected chi connectivity index (χ3v) is 0.834. The van der Waals surface area contributed by atoms with E-state index in [-0.39, 0.29) is 0 Å². The summed E-state index contributed by atoms with van der Waals surface area (Å²) in [4.78, 5) is 9.85. The molecule has 8 heavy (non-hydrogen) atoms. The molecule has 0 aromatic heterocycles. The molecule has 47 valence electrons. The highest BCUT2D eigenvalue weighted by molar-refractivity contribution is 7.87. The molecular formula is C2H5N2O3S. The van der Waals surface area contributed by atoms with Gasteiger partial charge in [0.2, 0.25) is 5.91 Å². The van der Waals surface area contributed by atoms with Crippen molar-refractivity contribution in [3.63, 3.8) is 0 Å². The zero-order valence-electron chi connectivity index (χ0n) is 4.13. The fraction of sp³-hybridized carbons (Fsp3) is 0.500. The van der Waals surface area contributed by atoms with Gasteiger partial charge in [-0.1, -0.05) is 0 Å². The first-order valence-electron chi connectivity index (χ1n) is 1.70. The Morgan fingerprint density at radius 2 is 2.00 bits per heavy atom. The van der Waals surface area contributed by atoms with E-state index in [1.54, 1.807) is 0 Å². The highest BCUT2D eigenvalue weighted by Crippen LogP contribution is 1.68. The first-order chi connectivity index (χ1) is 3.42. The Hall–Kier alpha value is -0.620. The summed E-state index contributed by atoms with van der Waals surface area (Å²) in [5, 5.41) is 6.10. The van der Waals surface area contributed by atoms with Crippen LogP contribution >= 0.6 is 0 Å². The average molecular weight is 137 g/mol. The summed E-state index contributed by atoms with van der Waals surface area (Å²) < 4.78 is 20.9. The number of rotatable bonds is 1. The third-order valence-electron chi connectivity index (χ3n) is 0.278. The molecule has 0 fully saturated rings. The predicted octanol–water partition coefficient (Wildman–Crippen LogP) is -1.35. The second-order valence-electron chi connectivity index (χ2n) is 1.16. The van der Waals surface area contributed by atoms with E-state index < -0.39 is 16.1 Å². The van der Waals surface area contributed by atoms with Gasteiger partial charge >= 0.3 is 10.2 Å². The van der Waals surface area contributed by atoms with E-state index in [9.17, 15) is 13.2 Å². The molecule has 2 N–H and O–H groups in total. The molecule has 1 amide bonds. The fourth-order valence-corrected chi connectivity index (χ4v) is 0.568. The summed E-state index contributed by atoms with van der Waals surface area (Å²) in [6.45, 7) is 1.02. The standard InChI is InChI=1S/C2H5N2O3S/c1-2(5)4-8(3,6)7/h3H,1H3,(H,4,5).